The predicted octanol–water partition coefficient (Wildman–Crippen LogP) is 1.58. The van der Waals surface area contributed by atoms with Crippen LogP contribution in [0, 0.1) is 12.8 Å². The Kier molecular flexibility index (Phi) is 5.00. The van der Waals surface area contributed by atoms with Crippen molar-refractivity contribution in [3.63, 3.8) is 0 Å². The molecule has 0 aliphatic carbocycles. The van der Waals surface area contributed by atoms with E-state index in [0.717, 1.165) is 31.2 Å². The zero-order valence-electron chi connectivity index (χ0n) is 12.6. The van der Waals surface area contributed by atoms with Crippen LogP contribution in [0.4, 0.5) is 10.6 Å². The lowest BCUT2D eigenvalue weighted by Gasteiger charge is -2.30. The highest BCUT2D eigenvalue weighted by Gasteiger charge is 2.15. The summed E-state index contributed by atoms with van der Waals surface area (Å²) >= 11 is 0. The Morgan fingerprint density at radius 3 is 2.75 bits per heavy atom. The number of aryl methyl sites for hydroxylation is 2. The molecule has 1 aromatic rings. The van der Waals surface area contributed by atoms with E-state index in [1.807, 2.05) is 20.0 Å². The summed E-state index contributed by atoms with van der Waals surface area (Å²) in [4.78, 5) is 14.2. The lowest BCUT2D eigenvalue weighted by atomic mass is 9.99. The molecule has 1 aromatic heterocycles. The maximum Gasteiger partial charge on any atom is 0.320 e. The quantitative estimate of drug-likeness (QED) is 0.879. The monoisotopic (exact) mass is 279 g/mol. The van der Waals surface area contributed by atoms with Gasteiger partial charge in [0.2, 0.25) is 0 Å². The molecule has 2 amide bonds. The molecule has 2 rings (SSSR count). The van der Waals surface area contributed by atoms with Crippen LogP contribution in [0.2, 0.25) is 0 Å². The van der Waals surface area contributed by atoms with Crippen molar-refractivity contribution in [3.8, 4) is 0 Å². The van der Waals surface area contributed by atoms with Crippen LogP contribution in [0.15, 0.2) is 6.07 Å². The van der Waals surface area contributed by atoms with Crippen LogP contribution in [-0.4, -0.2) is 46.9 Å². The van der Waals surface area contributed by atoms with E-state index in [9.17, 15) is 4.79 Å². The Balaban J connectivity index is 1.66. The number of anilines is 1. The van der Waals surface area contributed by atoms with Crippen LogP contribution in [0.1, 0.15) is 25.5 Å². The molecule has 0 spiro atoms. The van der Waals surface area contributed by atoms with Crippen LogP contribution in [-0.2, 0) is 7.05 Å². The van der Waals surface area contributed by atoms with Gasteiger partial charge in [-0.1, -0.05) is 6.92 Å². The first kappa shape index (κ1) is 14.8. The highest BCUT2D eigenvalue weighted by Crippen LogP contribution is 2.15. The number of hydrogen-bond acceptors (Lipinski definition) is 3. The van der Waals surface area contributed by atoms with Crippen LogP contribution >= 0.6 is 0 Å². The number of hydrogen-bond donors (Lipinski definition) is 2. The molecule has 6 nitrogen and oxygen atoms in total. The Morgan fingerprint density at radius 2 is 2.15 bits per heavy atom. The molecule has 1 saturated heterocycles. The minimum Gasteiger partial charge on any atom is -0.337 e. The molecular formula is C14H25N5O. The first-order chi connectivity index (χ1) is 9.54. The molecule has 1 aliphatic heterocycles. The maximum absolute atomic E-state index is 11.8. The number of nitrogens with one attached hydrogen (secondary N) is 2. The van der Waals surface area contributed by atoms with Crippen LogP contribution in [0.3, 0.4) is 0 Å². The molecule has 6 heteroatoms. The summed E-state index contributed by atoms with van der Waals surface area (Å²) < 4.78 is 1.67. The largest absolute Gasteiger partial charge is 0.337 e. The lowest BCUT2D eigenvalue weighted by molar-refractivity contribution is 0.192. The van der Waals surface area contributed by atoms with Crippen molar-refractivity contribution < 1.29 is 4.79 Å². The Hall–Kier alpha value is -1.56. The number of nitrogens with zero attached hydrogens (tertiary/aromatic N) is 3. The second-order valence-electron chi connectivity index (χ2n) is 5.70. The summed E-state index contributed by atoms with van der Waals surface area (Å²) in [7, 11) is 1.82. The summed E-state index contributed by atoms with van der Waals surface area (Å²) in [6, 6.07) is 1.68. The van der Waals surface area contributed by atoms with Crippen molar-refractivity contribution in [1.29, 1.82) is 0 Å². The first-order valence-corrected chi connectivity index (χ1v) is 7.32. The number of aromatic nitrogens is 2. The Labute approximate surface area is 120 Å². The number of likely N-dealkylation sites (tertiary alicyclic amines) is 1. The molecule has 2 N–H and O–H groups in total. The van der Waals surface area contributed by atoms with E-state index in [1.165, 1.54) is 12.8 Å². The van der Waals surface area contributed by atoms with Gasteiger partial charge in [-0.3, -0.25) is 10.00 Å². The number of amides is 2. The Morgan fingerprint density at radius 1 is 1.45 bits per heavy atom. The van der Waals surface area contributed by atoms with Gasteiger partial charge in [0.15, 0.2) is 0 Å². The van der Waals surface area contributed by atoms with Crippen LogP contribution < -0.4 is 10.6 Å². The van der Waals surface area contributed by atoms with Crippen molar-refractivity contribution in [2.45, 2.75) is 26.7 Å². The zero-order chi connectivity index (χ0) is 14.5. The molecule has 1 aliphatic rings. The molecule has 20 heavy (non-hydrogen) atoms. The third kappa shape index (κ3) is 4.23. The van der Waals surface area contributed by atoms with Gasteiger partial charge in [0.25, 0.3) is 0 Å². The van der Waals surface area contributed by atoms with E-state index in [0.29, 0.717) is 12.4 Å². The minimum absolute atomic E-state index is 0.168. The molecule has 0 atom stereocenters. The third-order valence-electron chi connectivity index (χ3n) is 3.83. The number of carbonyl (C=O) groups is 1. The van der Waals surface area contributed by atoms with Gasteiger partial charge in [-0.25, -0.2) is 4.79 Å². The Bertz CT molecular complexity index is 448. The van der Waals surface area contributed by atoms with E-state index in [2.05, 4.69) is 27.6 Å². The molecule has 1 fully saturated rings. The zero-order valence-corrected chi connectivity index (χ0v) is 12.6. The van der Waals surface area contributed by atoms with Crippen molar-refractivity contribution >= 4 is 11.8 Å². The van der Waals surface area contributed by atoms with Crippen molar-refractivity contribution in [3.05, 3.63) is 11.8 Å². The summed E-state index contributed by atoms with van der Waals surface area (Å²) in [5, 5.41) is 9.89. The van der Waals surface area contributed by atoms with Gasteiger partial charge in [0.1, 0.15) is 5.82 Å². The maximum atomic E-state index is 11.8. The SMILES string of the molecule is Cc1cc(NC(=O)NCCN2CCC(C)CC2)n(C)n1. The highest BCUT2D eigenvalue weighted by molar-refractivity contribution is 5.88. The highest BCUT2D eigenvalue weighted by atomic mass is 16.2. The number of piperidine rings is 1. The summed E-state index contributed by atoms with van der Waals surface area (Å²) in [5.74, 6) is 1.56. The summed E-state index contributed by atoms with van der Waals surface area (Å²) in [5.41, 5.74) is 0.894. The van der Waals surface area contributed by atoms with Gasteiger partial charge in [-0.2, -0.15) is 5.10 Å². The fourth-order valence-corrected chi connectivity index (χ4v) is 2.50. The van der Waals surface area contributed by atoms with E-state index < -0.39 is 0 Å². The van der Waals surface area contributed by atoms with Gasteiger partial charge in [0.05, 0.1) is 5.69 Å². The van der Waals surface area contributed by atoms with Gasteiger partial charge in [-0.05, 0) is 38.8 Å². The fraction of sp³-hybridized carbons (Fsp3) is 0.714. The van der Waals surface area contributed by atoms with Crippen molar-refractivity contribution in [2.24, 2.45) is 13.0 Å². The second-order valence-corrected chi connectivity index (χ2v) is 5.70. The average molecular weight is 279 g/mol. The molecule has 0 aromatic carbocycles. The van der Waals surface area contributed by atoms with Crippen LogP contribution in [0.25, 0.3) is 0 Å². The summed E-state index contributed by atoms with van der Waals surface area (Å²) in [6.07, 6.45) is 2.53. The summed E-state index contributed by atoms with van der Waals surface area (Å²) in [6.45, 7) is 8.09. The first-order valence-electron chi connectivity index (χ1n) is 7.32. The minimum atomic E-state index is -0.168. The predicted molar refractivity (Wildman–Crippen MR) is 79.8 cm³/mol. The van der Waals surface area contributed by atoms with E-state index in [1.54, 1.807) is 4.68 Å². The average Bonchev–Trinajstić information content (AvgIpc) is 2.70. The van der Waals surface area contributed by atoms with Crippen molar-refractivity contribution in [1.82, 2.24) is 20.0 Å². The third-order valence-corrected chi connectivity index (χ3v) is 3.83. The number of carbonyl (C=O) groups excluding carboxylic acids is 1. The van der Waals surface area contributed by atoms with Crippen LogP contribution in [0.5, 0.6) is 0 Å². The molecular weight excluding hydrogens is 254 g/mol. The van der Waals surface area contributed by atoms with Gasteiger partial charge in [0, 0.05) is 26.2 Å². The topological polar surface area (TPSA) is 62.2 Å². The van der Waals surface area contributed by atoms with Gasteiger partial charge < -0.3 is 10.2 Å². The molecule has 2 heterocycles. The van der Waals surface area contributed by atoms with E-state index in [-0.39, 0.29) is 6.03 Å². The normalized spacial score (nSPS) is 17.1. The second kappa shape index (κ2) is 6.74. The van der Waals surface area contributed by atoms with E-state index >= 15 is 0 Å². The molecule has 0 unspecified atom stereocenters. The molecule has 0 radical (unpaired) electrons. The molecule has 0 saturated carbocycles. The van der Waals surface area contributed by atoms with Gasteiger partial charge in [-0.15, -0.1) is 0 Å². The molecule has 0 bridgehead atoms. The molecule has 112 valence electrons. The number of urea groups is 1. The van der Waals surface area contributed by atoms with Crippen molar-refractivity contribution in [2.75, 3.05) is 31.5 Å². The smallest absolute Gasteiger partial charge is 0.320 e. The van der Waals surface area contributed by atoms with Gasteiger partial charge >= 0.3 is 6.03 Å². The number of rotatable bonds is 4. The lowest BCUT2D eigenvalue weighted by Crippen LogP contribution is -2.40. The van der Waals surface area contributed by atoms with E-state index in [4.69, 9.17) is 0 Å². The standard InChI is InChI=1S/C14H25N5O/c1-11-4-7-19(8-5-11)9-6-15-14(20)16-13-10-12(2)17-18(13)3/h10-11H,4-9H2,1-3H3,(H2,15,16,20). The fourth-order valence-electron chi connectivity index (χ4n) is 2.50.